The van der Waals surface area contributed by atoms with Gasteiger partial charge in [0, 0.05) is 5.69 Å². The zero-order chi connectivity index (χ0) is 20.7. The number of ether oxygens (including phenoxy) is 1. The minimum absolute atomic E-state index is 0.0452. The summed E-state index contributed by atoms with van der Waals surface area (Å²) in [7, 11) is -4.07. The van der Waals surface area contributed by atoms with Crippen LogP contribution in [0.15, 0.2) is 47.4 Å². The van der Waals surface area contributed by atoms with Crippen LogP contribution in [0.5, 0.6) is 0 Å². The lowest BCUT2D eigenvalue weighted by atomic mass is 10.1. The Morgan fingerprint density at radius 3 is 2.50 bits per heavy atom. The zero-order valence-corrected chi connectivity index (χ0v) is 16.2. The molecule has 0 heterocycles. The van der Waals surface area contributed by atoms with Gasteiger partial charge in [-0.2, -0.15) is 9.98 Å². The van der Waals surface area contributed by atoms with Crippen LogP contribution in [0.25, 0.3) is 0 Å². The summed E-state index contributed by atoms with van der Waals surface area (Å²) in [6, 6.07) is 12.7. The fraction of sp³-hybridized carbons (Fsp3) is 0.211. The van der Waals surface area contributed by atoms with E-state index >= 15 is 0 Å². The summed E-state index contributed by atoms with van der Waals surface area (Å²) < 4.78 is 31.2. The molecule has 0 saturated carbocycles. The molecule has 2 aromatic rings. The monoisotopic (exact) mass is 401 g/mol. The number of hydrogen-bond donors (Lipinski definition) is 2. The molecule has 9 heteroatoms. The number of anilines is 1. The molecule has 0 aliphatic heterocycles. The van der Waals surface area contributed by atoms with Gasteiger partial charge in [0.25, 0.3) is 5.91 Å². The van der Waals surface area contributed by atoms with E-state index in [1.165, 1.54) is 24.3 Å². The van der Waals surface area contributed by atoms with Crippen molar-refractivity contribution >= 4 is 27.6 Å². The summed E-state index contributed by atoms with van der Waals surface area (Å²) in [4.78, 5) is 23.4. The van der Waals surface area contributed by atoms with Crippen molar-refractivity contribution in [3.8, 4) is 6.07 Å². The van der Waals surface area contributed by atoms with Crippen LogP contribution in [0, 0.1) is 25.2 Å². The van der Waals surface area contributed by atoms with Crippen LogP contribution in [0.4, 0.5) is 5.69 Å². The first-order valence-corrected chi connectivity index (χ1v) is 9.73. The van der Waals surface area contributed by atoms with Crippen molar-refractivity contribution in [2.45, 2.75) is 18.7 Å². The number of nitriles is 1. The van der Waals surface area contributed by atoms with Crippen molar-refractivity contribution in [3.63, 3.8) is 0 Å². The first-order valence-electron chi connectivity index (χ1n) is 8.24. The average Bonchev–Trinajstić information content (AvgIpc) is 2.67. The molecule has 0 unspecified atom stereocenters. The smallest absolute Gasteiger partial charge is 0.321 e. The molecule has 0 aliphatic carbocycles. The van der Waals surface area contributed by atoms with E-state index in [1.807, 2.05) is 19.9 Å². The SMILES string of the molecule is Cc1ccc(NC(=O)COC(=O)CNS(=O)(=O)c2ccccc2C#N)cc1C. The van der Waals surface area contributed by atoms with Gasteiger partial charge in [-0.1, -0.05) is 18.2 Å². The van der Waals surface area contributed by atoms with E-state index in [1.54, 1.807) is 18.2 Å². The fourth-order valence-electron chi connectivity index (χ4n) is 2.24. The summed E-state index contributed by atoms with van der Waals surface area (Å²) in [5, 5.41) is 11.6. The van der Waals surface area contributed by atoms with E-state index in [0.29, 0.717) is 5.69 Å². The van der Waals surface area contributed by atoms with Crippen molar-refractivity contribution in [1.29, 1.82) is 5.26 Å². The zero-order valence-electron chi connectivity index (χ0n) is 15.4. The van der Waals surface area contributed by atoms with E-state index in [9.17, 15) is 18.0 Å². The van der Waals surface area contributed by atoms with Gasteiger partial charge >= 0.3 is 5.97 Å². The first-order chi connectivity index (χ1) is 13.2. The van der Waals surface area contributed by atoms with Gasteiger partial charge in [-0.25, -0.2) is 8.42 Å². The fourth-order valence-corrected chi connectivity index (χ4v) is 3.36. The highest BCUT2D eigenvalue weighted by Crippen LogP contribution is 2.15. The third-order valence-corrected chi connectivity index (χ3v) is 5.32. The Morgan fingerprint density at radius 2 is 1.82 bits per heavy atom. The van der Waals surface area contributed by atoms with Crippen LogP contribution in [-0.4, -0.2) is 33.4 Å². The molecule has 0 fully saturated rings. The van der Waals surface area contributed by atoms with Crippen molar-refractivity contribution in [2.75, 3.05) is 18.5 Å². The van der Waals surface area contributed by atoms with Crippen LogP contribution in [0.2, 0.25) is 0 Å². The van der Waals surface area contributed by atoms with Crippen LogP contribution in [0.1, 0.15) is 16.7 Å². The van der Waals surface area contributed by atoms with Gasteiger partial charge in [-0.15, -0.1) is 0 Å². The minimum Gasteiger partial charge on any atom is -0.455 e. The van der Waals surface area contributed by atoms with Crippen LogP contribution >= 0.6 is 0 Å². The molecule has 2 rings (SSSR count). The second-order valence-electron chi connectivity index (χ2n) is 5.94. The van der Waals surface area contributed by atoms with Crippen LogP contribution in [-0.2, 0) is 24.3 Å². The second-order valence-corrected chi connectivity index (χ2v) is 7.68. The summed E-state index contributed by atoms with van der Waals surface area (Å²) in [6.45, 7) is 2.63. The van der Waals surface area contributed by atoms with Crippen molar-refractivity contribution < 1.29 is 22.7 Å². The molecule has 8 nitrogen and oxygen atoms in total. The highest BCUT2D eigenvalue weighted by molar-refractivity contribution is 7.89. The summed E-state index contributed by atoms with van der Waals surface area (Å²) >= 11 is 0. The topological polar surface area (TPSA) is 125 Å². The number of benzene rings is 2. The molecule has 0 bridgehead atoms. The van der Waals surface area contributed by atoms with Gasteiger partial charge in [0.05, 0.1) is 10.5 Å². The summed E-state index contributed by atoms with van der Waals surface area (Å²) in [5.41, 5.74) is 2.60. The van der Waals surface area contributed by atoms with Crippen LogP contribution in [0.3, 0.4) is 0 Å². The van der Waals surface area contributed by atoms with E-state index in [-0.39, 0.29) is 10.5 Å². The summed E-state index contributed by atoms with van der Waals surface area (Å²) in [6.07, 6.45) is 0. The van der Waals surface area contributed by atoms with E-state index in [4.69, 9.17) is 10.00 Å². The molecule has 0 radical (unpaired) electrons. The predicted octanol–water partition coefficient (Wildman–Crippen LogP) is 1.64. The Morgan fingerprint density at radius 1 is 1.11 bits per heavy atom. The van der Waals surface area contributed by atoms with Crippen LogP contribution < -0.4 is 10.0 Å². The molecule has 146 valence electrons. The number of carbonyl (C=O) groups excluding carboxylic acids is 2. The minimum atomic E-state index is -4.07. The van der Waals surface area contributed by atoms with Gasteiger partial charge in [0.2, 0.25) is 10.0 Å². The maximum absolute atomic E-state index is 12.2. The largest absolute Gasteiger partial charge is 0.455 e. The van der Waals surface area contributed by atoms with Gasteiger partial charge in [-0.05, 0) is 49.2 Å². The third-order valence-electron chi connectivity index (χ3n) is 3.86. The van der Waals surface area contributed by atoms with Gasteiger partial charge < -0.3 is 10.1 Å². The number of carbonyl (C=O) groups is 2. The average molecular weight is 401 g/mol. The third kappa shape index (κ3) is 5.64. The molecule has 0 atom stereocenters. The molecule has 0 saturated heterocycles. The second kappa shape index (κ2) is 9.12. The predicted molar refractivity (Wildman–Crippen MR) is 102 cm³/mol. The number of esters is 1. The number of sulfonamides is 1. The number of aryl methyl sites for hydroxylation is 2. The maximum Gasteiger partial charge on any atom is 0.321 e. The Hall–Kier alpha value is -3.22. The molecule has 2 aromatic carbocycles. The highest BCUT2D eigenvalue weighted by Gasteiger charge is 2.19. The Balaban J connectivity index is 1.86. The van der Waals surface area contributed by atoms with Crippen molar-refractivity contribution in [2.24, 2.45) is 0 Å². The van der Waals surface area contributed by atoms with Crippen molar-refractivity contribution in [1.82, 2.24) is 4.72 Å². The molecule has 28 heavy (non-hydrogen) atoms. The number of nitrogens with one attached hydrogen (secondary N) is 2. The molecule has 0 aromatic heterocycles. The lowest BCUT2D eigenvalue weighted by molar-refractivity contribution is -0.146. The maximum atomic E-state index is 12.2. The van der Waals surface area contributed by atoms with Crippen molar-refractivity contribution in [3.05, 3.63) is 59.2 Å². The van der Waals surface area contributed by atoms with Gasteiger partial charge in [0.15, 0.2) is 6.61 Å². The number of nitrogens with zero attached hydrogens (tertiary/aromatic N) is 1. The lowest BCUT2D eigenvalue weighted by Gasteiger charge is -2.09. The molecule has 0 spiro atoms. The standard InChI is InChI=1S/C19H19N3O5S/c1-13-7-8-16(9-14(13)2)22-18(23)12-27-19(24)11-21-28(25,26)17-6-4-3-5-15(17)10-20/h3-9,21H,11-12H2,1-2H3,(H,22,23). The summed E-state index contributed by atoms with van der Waals surface area (Å²) in [5.74, 6) is -1.47. The lowest BCUT2D eigenvalue weighted by Crippen LogP contribution is -2.32. The van der Waals surface area contributed by atoms with E-state index in [0.717, 1.165) is 11.1 Å². The van der Waals surface area contributed by atoms with E-state index in [2.05, 4.69) is 10.0 Å². The molecule has 0 aliphatic rings. The normalized spacial score (nSPS) is 10.8. The molecular formula is C19H19N3O5S. The first kappa shape index (κ1) is 21.1. The number of rotatable bonds is 7. The Bertz CT molecular complexity index is 1040. The Labute approximate surface area is 163 Å². The Kier molecular flexibility index (Phi) is 6.87. The number of amides is 1. The molecular weight excluding hydrogens is 382 g/mol. The quantitative estimate of drug-likeness (QED) is 0.680. The highest BCUT2D eigenvalue weighted by atomic mass is 32.2. The number of hydrogen-bond acceptors (Lipinski definition) is 6. The van der Waals surface area contributed by atoms with E-state index < -0.39 is 35.1 Å². The van der Waals surface area contributed by atoms with Gasteiger partial charge in [0.1, 0.15) is 12.6 Å². The molecule has 2 N–H and O–H groups in total. The molecule has 1 amide bonds. The van der Waals surface area contributed by atoms with Gasteiger partial charge in [-0.3, -0.25) is 9.59 Å².